The molecule has 0 fully saturated rings. The summed E-state index contributed by atoms with van der Waals surface area (Å²) in [5, 5.41) is 9.37. The summed E-state index contributed by atoms with van der Waals surface area (Å²) in [7, 11) is 1.69. The molecule has 0 N–H and O–H groups in total. The van der Waals surface area contributed by atoms with E-state index in [1.807, 2.05) is 0 Å². The van der Waals surface area contributed by atoms with Gasteiger partial charge in [0.05, 0.1) is 22.7 Å². The molecule has 0 aliphatic carbocycles. The van der Waals surface area contributed by atoms with Crippen molar-refractivity contribution in [2.75, 3.05) is 0 Å². The van der Waals surface area contributed by atoms with Gasteiger partial charge < -0.3 is 0 Å². The van der Waals surface area contributed by atoms with Crippen LogP contribution in [-0.4, -0.2) is 9.55 Å². The number of hydrogen-bond donors (Lipinski definition) is 0. The van der Waals surface area contributed by atoms with Crippen LogP contribution in [0.1, 0.15) is 5.56 Å². The molecule has 0 saturated heterocycles. The quantitative estimate of drug-likeness (QED) is 0.690. The third kappa shape index (κ3) is 2.47. The van der Waals surface area contributed by atoms with Gasteiger partial charge in [-0.1, -0.05) is 11.3 Å². The Balaban J connectivity index is 2.24. The third-order valence-corrected chi connectivity index (χ3v) is 4.07. The number of fused-ring (bicyclic) bond motifs is 1. The number of pyridine rings is 1. The Kier molecular flexibility index (Phi) is 3.34. The zero-order valence-electron chi connectivity index (χ0n) is 11.1. The second kappa shape index (κ2) is 5.31. The van der Waals surface area contributed by atoms with Crippen LogP contribution >= 0.6 is 11.3 Å². The number of benzene rings is 1. The van der Waals surface area contributed by atoms with E-state index in [-0.39, 0.29) is 5.56 Å². The average Bonchev–Trinajstić information content (AvgIpc) is 2.53. The van der Waals surface area contributed by atoms with Gasteiger partial charge in [-0.05, 0) is 36.4 Å². The molecule has 0 aliphatic rings. The summed E-state index contributed by atoms with van der Waals surface area (Å²) < 4.78 is 1.51. The molecule has 6 heteroatoms. The Bertz CT molecular complexity index is 977. The van der Waals surface area contributed by atoms with E-state index < -0.39 is 0 Å². The predicted molar refractivity (Wildman–Crippen MR) is 81.2 cm³/mol. The van der Waals surface area contributed by atoms with E-state index in [0.717, 1.165) is 0 Å². The second-order valence-corrected chi connectivity index (χ2v) is 5.33. The van der Waals surface area contributed by atoms with Crippen molar-refractivity contribution in [1.29, 1.82) is 5.26 Å². The first-order valence-corrected chi connectivity index (χ1v) is 7.00. The van der Waals surface area contributed by atoms with Crippen LogP contribution in [0.3, 0.4) is 0 Å². The molecule has 0 bridgehead atoms. The summed E-state index contributed by atoms with van der Waals surface area (Å²) in [4.78, 5) is 22.2. The second-order valence-electron chi connectivity index (χ2n) is 4.38. The maximum atomic E-state index is 12.3. The fraction of sp³-hybridized carbons (Fsp3) is 0.0667. The van der Waals surface area contributed by atoms with Crippen molar-refractivity contribution in [3.8, 4) is 6.07 Å². The van der Waals surface area contributed by atoms with Gasteiger partial charge in [0, 0.05) is 13.2 Å². The lowest BCUT2D eigenvalue weighted by molar-refractivity contribution is 0.832. The van der Waals surface area contributed by atoms with Gasteiger partial charge in [-0.25, -0.2) is 9.98 Å². The van der Waals surface area contributed by atoms with Crippen LogP contribution in [0.4, 0.5) is 5.69 Å². The van der Waals surface area contributed by atoms with Crippen LogP contribution in [0.15, 0.2) is 52.4 Å². The average molecular weight is 294 g/mol. The molecule has 0 unspecified atom stereocenters. The molecule has 0 amide bonds. The number of aromatic nitrogens is 2. The van der Waals surface area contributed by atoms with Crippen LogP contribution in [0.25, 0.3) is 10.2 Å². The summed E-state index contributed by atoms with van der Waals surface area (Å²) in [6, 6.07) is 12.4. The monoisotopic (exact) mass is 294 g/mol. The van der Waals surface area contributed by atoms with Crippen LogP contribution in [0.2, 0.25) is 0 Å². The van der Waals surface area contributed by atoms with Gasteiger partial charge in [0.1, 0.15) is 4.83 Å². The minimum atomic E-state index is -0.121. The van der Waals surface area contributed by atoms with Crippen LogP contribution in [-0.2, 0) is 7.05 Å². The summed E-state index contributed by atoms with van der Waals surface area (Å²) in [6.45, 7) is 0. The molecular weight excluding hydrogens is 284 g/mol. The predicted octanol–water partition coefficient (Wildman–Crippen LogP) is 2.10. The summed E-state index contributed by atoms with van der Waals surface area (Å²) in [5.74, 6) is 0. The van der Waals surface area contributed by atoms with Crippen LogP contribution in [0.5, 0.6) is 0 Å². The first-order chi connectivity index (χ1) is 10.2. The Morgan fingerprint density at radius 2 is 2.05 bits per heavy atom. The minimum Gasteiger partial charge on any atom is -0.287 e. The Labute approximate surface area is 124 Å². The van der Waals surface area contributed by atoms with Gasteiger partial charge in [-0.15, -0.1) is 0 Å². The highest BCUT2D eigenvalue weighted by Gasteiger charge is 2.04. The van der Waals surface area contributed by atoms with E-state index in [2.05, 4.69) is 16.0 Å². The van der Waals surface area contributed by atoms with Crippen molar-refractivity contribution in [2.24, 2.45) is 12.0 Å². The highest BCUT2D eigenvalue weighted by molar-refractivity contribution is 7.15. The molecule has 0 saturated carbocycles. The summed E-state index contributed by atoms with van der Waals surface area (Å²) in [6.07, 6.45) is 1.66. The highest BCUT2D eigenvalue weighted by Crippen LogP contribution is 2.13. The van der Waals surface area contributed by atoms with Gasteiger partial charge >= 0.3 is 0 Å². The molecule has 0 aliphatic heterocycles. The van der Waals surface area contributed by atoms with E-state index in [1.54, 1.807) is 49.6 Å². The molecule has 3 rings (SSSR count). The molecule has 3 aromatic rings. The topological polar surface area (TPSA) is 71.0 Å². The Morgan fingerprint density at radius 1 is 1.29 bits per heavy atom. The summed E-state index contributed by atoms with van der Waals surface area (Å²) in [5.41, 5.74) is 1.14. The lowest BCUT2D eigenvalue weighted by atomic mass is 10.2. The zero-order valence-corrected chi connectivity index (χ0v) is 12.0. The third-order valence-electron chi connectivity index (χ3n) is 3.00. The molecule has 102 valence electrons. The number of rotatable bonds is 1. The number of nitrogens with zero attached hydrogens (tertiary/aromatic N) is 4. The van der Waals surface area contributed by atoms with Crippen molar-refractivity contribution >= 4 is 27.2 Å². The molecule has 0 atom stereocenters. The summed E-state index contributed by atoms with van der Waals surface area (Å²) >= 11 is 1.35. The lowest BCUT2D eigenvalue weighted by Gasteiger charge is -2.01. The van der Waals surface area contributed by atoms with E-state index >= 15 is 0 Å². The molecule has 0 radical (unpaired) electrons. The maximum Gasteiger partial charge on any atom is 0.262 e. The van der Waals surface area contributed by atoms with Crippen LogP contribution < -0.4 is 10.4 Å². The van der Waals surface area contributed by atoms with Crippen molar-refractivity contribution in [2.45, 2.75) is 0 Å². The SMILES string of the molecule is Cn1c(=O)c2cccnc2s/c1=N\c1ccc(C#N)cc1. The van der Waals surface area contributed by atoms with Gasteiger partial charge in [-0.2, -0.15) is 5.26 Å². The first kappa shape index (κ1) is 13.2. The molecular formula is C15H10N4OS. The smallest absolute Gasteiger partial charge is 0.262 e. The first-order valence-electron chi connectivity index (χ1n) is 6.19. The highest BCUT2D eigenvalue weighted by atomic mass is 32.1. The molecule has 0 spiro atoms. The number of nitriles is 1. The largest absolute Gasteiger partial charge is 0.287 e. The zero-order chi connectivity index (χ0) is 14.8. The molecule has 2 heterocycles. The van der Waals surface area contributed by atoms with Crippen molar-refractivity contribution < 1.29 is 0 Å². The normalized spacial score (nSPS) is 11.5. The Morgan fingerprint density at radius 3 is 2.76 bits per heavy atom. The van der Waals surface area contributed by atoms with E-state index in [0.29, 0.717) is 26.3 Å². The van der Waals surface area contributed by atoms with E-state index in [1.165, 1.54) is 15.9 Å². The van der Waals surface area contributed by atoms with Crippen LogP contribution in [0, 0.1) is 11.3 Å². The number of hydrogen-bond acceptors (Lipinski definition) is 5. The molecule has 2 aromatic heterocycles. The van der Waals surface area contributed by atoms with Gasteiger partial charge in [0.2, 0.25) is 0 Å². The van der Waals surface area contributed by atoms with E-state index in [4.69, 9.17) is 5.26 Å². The fourth-order valence-corrected chi connectivity index (χ4v) is 2.80. The van der Waals surface area contributed by atoms with Crippen molar-refractivity contribution in [3.63, 3.8) is 0 Å². The maximum absolute atomic E-state index is 12.3. The van der Waals surface area contributed by atoms with Crippen molar-refractivity contribution in [3.05, 3.63) is 63.3 Å². The van der Waals surface area contributed by atoms with Gasteiger partial charge in [-0.3, -0.25) is 9.36 Å². The standard InChI is InChI=1S/C15H10N4OS/c1-19-14(20)12-3-2-8-17-13(12)21-15(19)18-11-6-4-10(9-16)5-7-11/h2-8H,1H3/b18-15-. The van der Waals surface area contributed by atoms with Gasteiger partial charge in [0.25, 0.3) is 5.56 Å². The lowest BCUT2D eigenvalue weighted by Crippen LogP contribution is -2.28. The molecule has 5 nitrogen and oxygen atoms in total. The van der Waals surface area contributed by atoms with Gasteiger partial charge in [0.15, 0.2) is 4.80 Å². The molecule has 1 aromatic carbocycles. The Hall–Kier alpha value is -2.78. The van der Waals surface area contributed by atoms with Crippen molar-refractivity contribution in [1.82, 2.24) is 9.55 Å². The fourth-order valence-electron chi connectivity index (χ4n) is 1.88. The minimum absolute atomic E-state index is 0.121. The van der Waals surface area contributed by atoms with E-state index in [9.17, 15) is 4.79 Å². The molecule has 21 heavy (non-hydrogen) atoms.